The first-order chi connectivity index (χ1) is 20.6. The van der Waals surface area contributed by atoms with Gasteiger partial charge in [-0.2, -0.15) is 10.5 Å². The van der Waals surface area contributed by atoms with E-state index in [1.807, 2.05) is 32.9 Å². The van der Waals surface area contributed by atoms with Crippen LogP contribution in [0.15, 0.2) is 66.7 Å². The second-order valence-electron chi connectivity index (χ2n) is 11.6. The summed E-state index contributed by atoms with van der Waals surface area (Å²) in [6.45, 7) is 5.90. The van der Waals surface area contributed by atoms with Gasteiger partial charge < -0.3 is 24.8 Å². The van der Waals surface area contributed by atoms with Crippen molar-refractivity contribution in [3.05, 3.63) is 94.5 Å². The van der Waals surface area contributed by atoms with Gasteiger partial charge >= 0.3 is 6.09 Å². The highest BCUT2D eigenvalue weighted by Gasteiger charge is 2.26. The molecule has 0 aromatic heterocycles. The molecule has 1 saturated carbocycles. The van der Waals surface area contributed by atoms with E-state index in [-0.39, 0.29) is 31.2 Å². The summed E-state index contributed by atoms with van der Waals surface area (Å²) in [7, 11) is 0. The topological polar surface area (TPSA) is 133 Å². The van der Waals surface area contributed by atoms with Crippen molar-refractivity contribution >= 4 is 12.0 Å². The Bertz CT molecular complexity index is 1440. The third-order valence-corrected chi connectivity index (χ3v) is 6.85. The normalized spacial score (nSPS) is 16.2. The Kier molecular flexibility index (Phi) is 10.2. The molecule has 0 heterocycles. The number of carbonyl (C=O) groups excluding carboxylic acids is 2. The predicted octanol–water partition coefficient (Wildman–Crippen LogP) is 6.15. The van der Waals surface area contributed by atoms with Gasteiger partial charge in [0.15, 0.2) is 0 Å². The maximum Gasteiger partial charge on any atom is 0.407 e. The van der Waals surface area contributed by atoms with Crippen LogP contribution in [0, 0.1) is 22.7 Å². The van der Waals surface area contributed by atoms with E-state index in [0.29, 0.717) is 28.2 Å². The number of carbonyl (C=O) groups is 2. The van der Waals surface area contributed by atoms with Gasteiger partial charge in [-0.15, -0.1) is 0 Å². The molecular formula is C34H36N4O5. The minimum Gasteiger partial charge on any atom is -0.489 e. The summed E-state index contributed by atoms with van der Waals surface area (Å²) in [6, 6.07) is 23.5. The van der Waals surface area contributed by atoms with Gasteiger partial charge in [-0.1, -0.05) is 24.3 Å². The molecule has 0 radical (unpaired) electrons. The Hall–Kier alpha value is -5.02. The molecule has 0 atom stereocenters. The molecule has 2 N–H and O–H groups in total. The quantitative estimate of drug-likeness (QED) is 0.310. The van der Waals surface area contributed by atoms with E-state index in [2.05, 4.69) is 22.8 Å². The number of rotatable bonds is 9. The first kappa shape index (κ1) is 30.9. The largest absolute Gasteiger partial charge is 0.489 e. The van der Waals surface area contributed by atoms with Crippen molar-refractivity contribution in [2.45, 2.75) is 77.4 Å². The van der Waals surface area contributed by atoms with Crippen LogP contribution in [0.25, 0.3) is 0 Å². The highest BCUT2D eigenvalue weighted by molar-refractivity contribution is 5.95. The number of nitrogens with one attached hydrogen (secondary N) is 2. The van der Waals surface area contributed by atoms with E-state index in [9.17, 15) is 20.1 Å². The second kappa shape index (κ2) is 14.2. The van der Waals surface area contributed by atoms with Crippen LogP contribution >= 0.6 is 0 Å². The molecule has 0 aliphatic heterocycles. The summed E-state index contributed by atoms with van der Waals surface area (Å²) in [5, 5.41) is 24.4. The van der Waals surface area contributed by atoms with Gasteiger partial charge in [0.1, 0.15) is 30.3 Å². The molecule has 1 fully saturated rings. The number of nitrogens with zero attached hydrogens (tertiary/aromatic N) is 2. The molecule has 3 aromatic carbocycles. The van der Waals surface area contributed by atoms with Crippen LogP contribution in [-0.2, 0) is 18.0 Å². The zero-order valence-corrected chi connectivity index (χ0v) is 24.7. The Balaban J connectivity index is 1.42. The van der Waals surface area contributed by atoms with Gasteiger partial charge in [0.25, 0.3) is 5.91 Å². The molecule has 3 aromatic rings. The number of benzene rings is 3. The minimum absolute atomic E-state index is 0.00111. The van der Waals surface area contributed by atoms with Gasteiger partial charge in [0, 0.05) is 23.7 Å². The lowest BCUT2D eigenvalue weighted by molar-refractivity contribution is 0.0488. The van der Waals surface area contributed by atoms with Crippen LogP contribution < -0.4 is 20.1 Å². The average Bonchev–Trinajstić information content (AvgIpc) is 2.99. The van der Waals surface area contributed by atoms with Crippen molar-refractivity contribution < 1.29 is 23.8 Å². The molecular weight excluding hydrogens is 544 g/mol. The molecule has 1 aliphatic rings. The van der Waals surface area contributed by atoms with E-state index in [4.69, 9.17) is 14.2 Å². The summed E-state index contributed by atoms with van der Waals surface area (Å²) >= 11 is 0. The third kappa shape index (κ3) is 9.79. The van der Waals surface area contributed by atoms with Crippen molar-refractivity contribution in [2.75, 3.05) is 0 Å². The lowest BCUT2D eigenvalue weighted by Gasteiger charge is -2.30. The van der Waals surface area contributed by atoms with Gasteiger partial charge in [-0.05, 0) is 94.0 Å². The van der Waals surface area contributed by atoms with Crippen LogP contribution in [0.3, 0.4) is 0 Å². The Morgan fingerprint density at radius 2 is 1.26 bits per heavy atom. The lowest BCUT2D eigenvalue weighted by Crippen LogP contribution is -2.45. The fraction of sp³-hybridized carbons (Fsp3) is 0.353. The first-order valence-corrected chi connectivity index (χ1v) is 14.3. The summed E-state index contributed by atoms with van der Waals surface area (Å²) in [6.07, 6.45) is 2.46. The number of alkyl carbamates (subject to hydrolysis) is 1. The summed E-state index contributed by atoms with van der Waals surface area (Å²) < 4.78 is 17.4. The molecule has 0 spiro atoms. The highest BCUT2D eigenvalue weighted by atomic mass is 16.6. The van der Waals surface area contributed by atoms with Crippen LogP contribution in [0.2, 0.25) is 0 Å². The number of ether oxygens (including phenoxy) is 3. The van der Waals surface area contributed by atoms with Gasteiger partial charge in [-0.25, -0.2) is 4.79 Å². The van der Waals surface area contributed by atoms with E-state index in [1.54, 1.807) is 54.6 Å². The maximum atomic E-state index is 13.4. The summed E-state index contributed by atoms with van der Waals surface area (Å²) in [4.78, 5) is 25.5. The second-order valence-corrected chi connectivity index (χ2v) is 11.6. The zero-order chi connectivity index (χ0) is 30.8. The van der Waals surface area contributed by atoms with E-state index < -0.39 is 11.7 Å². The van der Waals surface area contributed by atoms with Gasteiger partial charge in [0.05, 0.1) is 23.3 Å². The van der Waals surface area contributed by atoms with Crippen LogP contribution in [0.5, 0.6) is 11.5 Å². The number of nitriles is 2. The fourth-order valence-electron chi connectivity index (χ4n) is 4.79. The van der Waals surface area contributed by atoms with Crippen LogP contribution in [-0.4, -0.2) is 29.7 Å². The molecule has 0 saturated heterocycles. The highest BCUT2D eigenvalue weighted by Crippen LogP contribution is 2.26. The van der Waals surface area contributed by atoms with E-state index in [0.717, 1.165) is 36.8 Å². The third-order valence-electron chi connectivity index (χ3n) is 6.85. The standard InChI is InChI=1S/C34H36N4O5/c1-34(2,3)43-33(40)38-29-12-10-28(11-13-29)37-32(39)27-16-30(41-21-25-8-4-6-23(14-25)19-35)18-31(17-27)42-22-26-9-5-7-24(15-26)20-36/h4-9,14-18,28-29H,10-13,21-22H2,1-3H3,(H,37,39)(H,38,40). The van der Waals surface area contributed by atoms with Gasteiger partial charge in [-0.3, -0.25) is 4.79 Å². The molecule has 43 heavy (non-hydrogen) atoms. The van der Waals surface area contributed by atoms with Crippen molar-refractivity contribution in [2.24, 2.45) is 0 Å². The van der Waals surface area contributed by atoms with Crippen LogP contribution in [0.1, 0.15) is 79.1 Å². The fourth-order valence-corrected chi connectivity index (χ4v) is 4.79. The zero-order valence-electron chi connectivity index (χ0n) is 24.7. The molecule has 4 rings (SSSR count). The molecule has 1 aliphatic carbocycles. The van der Waals surface area contributed by atoms with Crippen molar-refractivity contribution in [1.29, 1.82) is 10.5 Å². The lowest BCUT2D eigenvalue weighted by atomic mass is 9.91. The molecule has 0 unspecified atom stereocenters. The van der Waals surface area contributed by atoms with E-state index in [1.165, 1.54) is 0 Å². The molecule has 2 amide bonds. The molecule has 0 bridgehead atoms. The monoisotopic (exact) mass is 580 g/mol. The van der Waals surface area contributed by atoms with Crippen LogP contribution in [0.4, 0.5) is 4.79 Å². The Morgan fingerprint density at radius 3 is 1.72 bits per heavy atom. The maximum absolute atomic E-state index is 13.4. The first-order valence-electron chi connectivity index (χ1n) is 14.3. The molecule has 9 nitrogen and oxygen atoms in total. The summed E-state index contributed by atoms with van der Waals surface area (Å²) in [5.41, 5.74) is 2.54. The number of hydrogen-bond acceptors (Lipinski definition) is 7. The Labute approximate surface area is 252 Å². The van der Waals surface area contributed by atoms with Crippen molar-refractivity contribution in [3.8, 4) is 23.6 Å². The van der Waals surface area contributed by atoms with Gasteiger partial charge in [0.2, 0.25) is 0 Å². The smallest absolute Gasteiger partial charge is 0.407 e. The SMILES string of the molecule is CC(C)(C)OC(=O)NC1CCC(NC(=O)c2cc(OCc3cccc(C#N)c3)cc(OCc3cccc(C#N)c3)c2)CC1. The Morgan fingerprint density at radius 1 is 0.767 bits per heavy atom. The summed E-state index contributed by atoms with van der Waals surface area (Å²) in [5.74, 6) is 0.638. The number of amides is 2. The predicted molar refractivity (Wildman–Crippen MR) is 160 cm³/mol. The molecule has 9 heteroatoms. The number of hydrogen-bond donors (Lipinski definition) is 2. The van der Waals surface area contributed by atoms with E-state index >= 15 is 0 Å². The molecule has 222 valence electrons. The van der Waals surface area contributed by atoms with Crippen molar-refractivity contribution in [3.63, 3.8) is 0 Å². The van der Waals surface area contributed by atoms with Crippen molar-refractivity contribution in [1.82, 2.24) is 10.6 Å². The minimum atomic E-state index is -0.558. The average molecular weight is 581 g/mol.